The van der Waals surface area contributed by atoms with E-state index in [1.165, 1.54) is 18.2 Å². The minimum absolute atomic E-state index is 0.00636. The van der Waals surface area contributed by atoms with Crippen LogP contribution in [0.2, 0.25) is 0 Å². The van der Waals surface area contributed by atoms with Gasteiger partial charge >= 0.3 is 6.03 Å². The molecule has 2 heterocycles. The van der Waals surface area contributed by atoms with E-state index in [1.54, 1.807) is 0 Å². The number of rotatable bonds is 3. The van der Waals surface area contributed by atoms with Crippen molar-refractivity contribution in [3.8, 4) is 11.3 Å². The lowest BCUT2D eigenvalue weighted by Gasteiger charge is -2.48. The summed E-state index contributed by atoms with van der Waals surface area (Å²) in [5.74, 6) is -0.715. The second kappa shape index (κ2) is 7.74. The highest BCUT2D eigenvalue weighted by Gasteiger charge is 2.66. The topological polar surface area (TPSA) is 58.1 Å². The number of piperidine rings is 1. The Morgan fingerprint density at radius 1 is 1.18 bits per heavy atom. The maximum absolute atomic E-state index is 14.5. The molecule has 2 bridgehead atoms. The summed E-state index contributed by atoms with van der Waals surface area (Å²) in [6.45, 7) is 9.99. The number of amides is 2. The molecule has 0 radical (unpaired) electrons. The lowest BCUT2D eigenvalue weighted by Crippen LogP contribution is -2.54. The maximum Gasteiger partial charge on any atom is 0.317 e. The van der Waals surface area contributed by atoms with Gasteiger partial charge in [0.1, 0.15) is 11.6 Å². The van der Waals surface area contributed by atoms with Crippen LogP contribution in [0.15, 0.2) is 24.3 Å². The Bertz CT molecular complexity index is 1080. The van der Waals surface area contributed by atoms with Crippen LogP contribution in [-0.2, 0) is 5.41 Å². The van der Waals surface area contributed by atoms with Gasteiger partial charge in [-0.15, -0.1) is 0 Å². The van der Waals surface area contributed by atoms with Crippen LogP contribution in [0.4, 0.5) is 13.6 Å². The summed E-state index contributed by atoms with van der Waals surface area (Å²) >= 11 is 0. The number of fused-ring (bicyclic) bond motifs is 5. The van der Waals surface area contributed by atoms with Gasteiger partial charge in [-0.05, 0) is 80.5 Å². The molecule has 1 saturated heterocycles. The van der Waals surface area contributed by atoms with Crippen molar-refractivity contribution in [3.05, 3.63) is 47.2 Å². The molecule has 3 atom stereocenters. The predicted molar refractivity (Wildman–Crippen MR) is 123 cm³/mol. The lowest BCUT2D eigenvalue weighted by molar-refractivity contribution is 0.0674. The van der Waals surface area contributed by atoms with Gasteiger partial charge in [-0.3, -0.25) is 0 Å². The molecule has 1 aliphatic heterocycles. The van der Waals surface area contributed by atoms with Gasteiger partial charge in [0.2, 0.25) is 0 Å². The monoisotopic (exact) mass is 454 g/mol. The van der Waals surface area contributed by atoms with E-state index in [4.69, 9.17) is 0 Å². The van der Waals surface area contributed by atoms with Crippen LogP contribution >= 0.6 is 0 Å². The quantitative estimate of drug-likeness (QED) is 0.675. The van der Waals surface area contributed by atoms with E-state index in [0.29, 0.717) is 6.54 Å². The van der Waals surface area contributed by atoms with Crippen molar-refractivity contribution in [2.24, 2.45) is 11.3 Å². The Kier molecular flexibility index (Phi) is 5.22. The normalized spacial score (nSPS) is 27.7. The molecule has 2 aliphatic carbocycles. The first-order chi connectivity index (χ1) is 15.7. The minimum atomic E-state index is -0.625. The van der Waals surface area contributed by atoms with Gasteiger partial charge < -0.3 is 10.2 Å². The third-order valence-electron chi connectivity index (χ3n) is 8.51. The molecule has 1 aromatic heterocycles. The van der Waals surface area contributed by atoms with E-state index in [1.807, 2.05) is 24.8 Å². The number of halogens is 2. The van der Waals surface area contributed by atoms with Gasteiger partial charge in [-0.25, -0.2) is 13.6 Å². The minimum Gasteiger partial charge on any atom is -0.336 e. The molecule has 3 aliphatic rings. The van der Waals surface area contributed by atoms with Gasteiger partial charge in [-0.1, -0.05) is 19.9 Å². The van der Waals surface area contributed by atoms with E-state index >= 15 is 0 Å². The second-order valence-electron chi connectivity index (χ2n) is 10.8. The Hall–Kier alpha value is -2.57. The molecule has 1 saturated carbocycles. The van der Waals surface area contributed by atoms with Gasteiger partial charge in [0, 0.05) is 24.5 Å². The van der Waals surface area contributed by atoms with Crippen molar-refractivity contribution in [1.82, 2.24) is 20.4 Å². The number of nitrogens with one attached hydrogen (secondary N) is 1. The zero-order valence-corrected chi connectivity index (χ0v) is 19.8. The van der Waals surface area contributed by atoms with Crippen molar-refractivity contribution in [1.29, 1.82) is 0 Å². The summed E-state index contributed by atoms with van der Waals surface area (Å²) in [6.07, 6.45) is 4.01. The smallest absolute Gasteiger partial charge is 0.317 e. The fraction of sp³-hybridized carbons (Fsp3) is 0.577. The summed E-state index contributed by atoms with van der Waals surface area (Å²) in [4.78, 5) is 14.7. The first kappa shape index (κ1) is 22.2. The SMILES string of the molecule is CC(C)NC(=O)N1CCCC(C23CCC(c4cc(-c5c(F)cccc5F)nnc42)C3(C)C)C1. The molecule has 5 nitrogen and oxygen atoms in total. The number of benzene rings is 1. The molecule has 2 amide bonds. The maximum atomic E-state index is 14.5. The highest BCUT2D eigenvalue weighted by Crippen LogP contribution is 2.70. The molecule has 176 valence electrons. The fourth-order valence-corrected chi connectivity index (χ4v) is 7.04. The highest BCUT2D eigenvalue weighted by atomic mass is 19.1. The molecular formula is C26H32F2N4O. The van der Waals surface area contributed by atoms with E-state index in [-0.39, 0.29) is 46.0 Å². The molecule has 2 aromatic rings. The Balaban J connectivity index is 1.54. The molecule has 1 N–H and O–H groups in total. The Morgan fingerprint density at radius 2 is 1.91 bits per heavy atom. The van der Waals surface area contributed by atoms with Gasteiger partial charge in [0.05, 0.1) is 17.0 Å². The van der Waals surface area contributed by atoms with Crippen LogP contribution < -0.4 is 5.32 Å². The van der Waals surface area contributed by atoms with Crippen LogP contribution in [0.25, 0.3) is 11.3 Å². The largest absolute Gasteiger partial charge is 0.336 e. The summed E-state index contributed by atoms with van der Waals surface area (Å²) in [7, 11) is 0. The highest BCUT2D eigenvalue weighted by molar-refractivity contribution is 5.74. The molecule has 7 heteroatoms. The van der Waals surface area contributed by atoms with Crippen LogP contribution in [-0.4, -0.2) is 40.3 Å². The van der Waals surface area contributed by atoms with Crippen LogP contribution in [0.1, 0.15) is 70.6 Å². The molecule has 0 spiro atoms. The Morgan fingerprint density at radius 3 is 2.61 bits per heavy atom. The number of hydrogen-bond acceptors (Lipinski definition) is 3. The first-order valence-corrected chi connectivity index (χ1v) is 12.0. The van der Waals surface area contributed by atoms with Crippen molar-refractivity contribution >= 4 is 6.03 Å². The fourth-order valence-electron chi connectivity index (χ4n) is 7.04. The van der Waals surface area contributed by atoms with Crippen LogP contribution in [0.5, 0.6) is 0 Å². The third-order valence-corrected chi connectivity index (χ3v) is 8.51. The van der Waals surface area contributed by atoms with Crippen molar-refractivity contribution in [3.63, 3.8) is 0 Å². The predicted octanol–water partition coefficient (Wildman–Crippen LogP) is 5.41. The molecule has 1 aromatic carbocycles. The molecule has 2 fully saturated rings. The van der Waals surface area contributed by atoms with E-state index in [9.17, 15) is 13.6 Å². The zero-order valence-electron chi connectivity index (χ0n) is 19.8. The number of urea groups is 1. The molecule has 3 unspecified atom stereocenters. The number of nitrogens with zero attached hydrogens (tertiary/aromatic N) is 3. The lowest BCUT2D eigenvalue weighted by atomic mass is 9.59. The van der Waals surface area contributed by atoms with Crippen molar-refractivity contribution in [2.45, 2.75) is 70.8 Å². The van der Waals surface area contributed by atoms with E-state index in [0.717, 1.165) is 43.5 Å². The first-order valence-electron chi connectivity index (χ1n) is 12.0. The summed E-state index contributed by atoms with van der Waals surface area (Å²) < 4.78 is 28.9. The van der Waals surface area contributed by atoms with Crippen molar-refractivity contribution < 1.29 is 13.6 Å². The zero-order chi connectivity index (χ0) is 23.5. The summed E-state index contributed by atoms with van der Waals surface area (Å²) in [5.41, 5.74) is 1.92. The van der Waals surface area contributed by atoms with E-state index in [2.05, 4.69) is 29.4 Å². The number of carbonyl (C=O) groups excluding carboxylic acids is 1. The average Bonchev–Trinajstić information content (AvgIpc) is 3.14. The molecule has 5 rings (SSSR count). The van der Waals surface area contributed by atoms with Crippen molar-refractivity contribution in [2.75, 3.05) is 13.1 Å². The third kappa shape index (κ3) is 3.18. The van der Waals surface area contributed by atoms with Crippen LogP contribution in [0.3, 0.4) is 0 Å². The summed E-state index contributed by atoms with van der Waals surface area (Å²) in [5, 5.41) is 12.0. The number of carbonyl (C=O) groups is 1. The van der Waals surface area contributed by atoms with Gasteiger partial charge in [-0.2, -0.15) is 10.2 Å². The Labute approximate surface area is 194 Å². The van der Waals surface area contributed by atoms with Crippen LogP contribution in [0, 0.1) is 23.0 Å². The van der Waals surface area contributed by atoms with Gasteiger partial charge in [0.25, 0.3) is 0 Å². The molecular weight excluding hydrogens is 422 g/mol. The summed E-state index contributed by atoms with van der Waals surface area (Å²) in [6, 6.07) is 5.82. The van der Waals surface area contributed by atoms with Gasteiger partial charge in [0.15, 0.2) is 0 Å². The standard InChI is InChI=1S/C26H32F2N4O/c1-15(2)29-24(33)32-12-6-7-16(14-32)26-11-10-18(25(26,3)4)17-13-21(30-31-23(17)26)22-19(27)8-5-9-20(22)28/h5,8-9,13,15-16,18H,6-7,10-12,14H2,1-4H3,(H,29,33). The number of hydrogen-bond donors (Lipinski definition) is 1. The van der Waals surface area contributed by atoms with E-state index < -0.39 is 11.6 Å². The molecule has 33 heavy (non-hydrogen) atoms. The number of likely N-dealkylation sites (tertiary alicyclic amines) is 1. The number of aromatic nitrogens is 2. The average molecular weight is 455 g/mol. The second-order valence-corrected chi connectivity index (χ2v) is 10.8.